The highest BCUT2D eigenvalue weighted by Gasteiger charge is 2.23. The average molecular weight is 457 g/mol. The molecule has 1 aliphatic rings. The molecule has 1 aromatic heterocycles. The average Bonchev–Trinajstić information content (AvgIpc) is 3.02. The van der Waals surface area contributed by atoms with Crippen molar-refractivity contribution < 1.29 is 4.79 Å². The van der Waals surface area contributed by atoms with Crippen LogP contribution in [-0.2, 0) is 13.1 Å². The summed E-state index contributed by atoms with van der Waals surface area (Å²) in [6.07, 6.45) is 0. The summed E-state index contributed by atoms with van der Waals surface area (Å²) < 4.78 is 1.88. The van der Waals surface area contributed by atoms with Crippen LogP contribution in [0.1, 0.15) is 32.9 Å². The number of aryl methyl sites for hydroxylation is 1. The molecule has 2 aromatic carbocycles. The number of rotatable bonds is 5. The molecule has 0 N–H and O–H groups in total. The Bertz CT molecular complexity index is 1090. The highest BCUT2D eigenvalue weighted by atomic mass is 35.5. The number of benzene rings is 2. The van der Waals surface area contributed by atoms with Crippen molar-refractivity contribution in [3.8, 4) is 0 Å². The van der Waals surface area contributed by atoms with Crippen molar-refractivity contribution in [2.24, 2.45) is 0 Å². The van der Waals surface area contributed by atoms with Crippen LogP contribution in [0.5, 0.6) is 0 Å². The lowest BCUT2D eigenvalue weighted by Gasteiger charge is -2.35. The lowest BCUT2D eigenvalue weighted by atomic mass is 10.1. The minimum atomic E-state index is 0.0747. The molecule has 162 valence electrons. The molecule has 0 atom stereocenters. The molecule has 0 saturated carbocycles. The largest absolute Gasteiger partial charge is 0.336 e. The van der Waals surface area contributed by atoms with Gasteiger partial charge in [-0.2, -0.15) is 5.10 Å². The number of amides is 1. The molecule has 0 spiro atoms. The van der Waals surface area contributed by atoms with E-state index in [0.717, 1.165) is 47.2 Å². The van der Waals surface area contributed by atoms with Crippen LogP contribution in [-0.4, -0.2) is 51.7 Å². The van der Waals surface area contributed by atoms with Crippen LogP contribution in [0.3, 0.4) is 0 Å². The van der Waals surface area contributed by atoms with Crippen molar-refractivity contribution in [3.63, 3.8) is 0 Å². The van der Waals surface area contributed by atoms with E-state index >= 15 is 0 Å². The maximum atomic E-state index is 13.1. The van der Waals surface area contributed by atoms with Gasteiger partial charge in [-0.1, -0.05) is 53.5 Å². The molecule has 0 bridgehead atoms. The van der Waals surface area contributed by atoms with E-state index < -0.39 is 0 Å². The monoisotopic (exact) mass is 456 g/mol. The van der Waals surface area contributed by atoms with Crippen molar-refractivity contribution in [1.29, 1.82) is 0 Å². The van der Waals surface area contributed by atoms with Crippen molar-refractivity contribution in [3.05, 3.63) is 86.7 Å². The Hall–Kier alpha value is -2.34. The van der Waals surface area contributed by atoms with Crippen molar-refractivity contribution in [2.75, 3.05) is 26.2 Å². The van der Waals surface area contributed by atoms with E-state index in [0.29, 0.717) is 30.2 Å². The fraction of sp³-hybridized carbons (Fsp3) is 0.333. The zero-order valence-corrected chi connectivity index (χ0v) is 19.3. The Morgan fingerprint density at radius 1 is 0.968 bits per heavy atom. The minimum Gasteiger partial charge on any atom is -0.336 e. The normalized spacial score (nSPS) is 14.8. The lowest BCUT2D eigenvalue weighted by molar-refractivity contribution is 0.0628. The van der Waals surface area contributed by atoms with Crippen molar-refractivity contribution in [2.45, 2.75) is 26.9 Å². The molecule has 4 rings (SSSR count). The summed E-state index contributed by atoms with van der Waals surface area (Å²) in [6, 6.07) is 15.7. The van der Waals surface area contributed by atoms with Crippen LogP contribution in [0.4, 0.5) is 0 Å². The Labute approximate surface area is 193 Å². The van der Waals surface area contributed by atoms with Crippen LogP contribution in [0, 0.1) is 13.8 Å². The van der Waals surface area contributed by atoms with Gasteiger partial charge in [0, 0.05) is 43.3 Å². The first-order valence-electron chi connectivity index (χ1n) is 10.5. The quantitative estimate of drug-likeness (QED) is 0.552. The number of carbonyl (C=O) groups is 1. The summed E-state index contributed by atoms with van der Waals surface area (Å²) >= 11 is 12.6. The molecule has 0 radical (unpaired) electrons. The van der Waals surface area contributed by atoms with Gasteiger partial charge in [-0.3, -0.25) is 14.4 Å². The molecule has 1 fully saturated rings. The lowest BCUT2D eigenvalue weighted by Crippen LogP contribution is -2.48. The van der Waals surface area contributed by atoms with Crippen LogP contribution in [0.25, 0.3) is 0 Å². The van der Waals surface area contributed by atoms with Gasteiger partial charge in [0.2, 0.25) is 0 Å². The first-order valence-corrected chi connectivity index (χ1v) is 11.2. The zero-order valence-electron chi connectivity index (χ0n) is 17.8. The number of hydrogen-bond acceptors (Lipinski definition) is 3. The van der Waals surface area contributed by atoms with Crippen LogP contribution >= 0.6 is 23.2 Å². The zero-order chi connectivity index (χ0) is 22.0. The molecular weight excluding hydrogens is 431 g/mol. The van der Waals surface area contributed by atoms with E-state index in [9.17, 15) is 4.79 Å². The maximum Gasteiger partial charge on any atom is 0.253 e. The number of nitrogens with zero attached hydrogens (tertiary/aromatic N) is 4. The van der Waals surface area contributed by atoms with Gasteiger partial charge in [0.05, 0.1) is 23.0 Å². The SMILES string of the molecule is Cc1nn(Cc2cccc(C(=O)N3CCN(Cc4ccccc4Cl)CC3)c2)c(C)c1Cl. The van der Waals surface area contributed by atoms with Crippen LogP contribution in [0.2, 0.25) is 10.0 Å². The maximum absolute atomic E-state index is 13.1. The molecule has 1 amide bonds. The first-order chi connectivity index (χ1) is 14.9. The van der Waals surface area contributed by atoms with Crippen molar-refractivity contribution >= 4 is 29.1 Å². The van der Waals surface area contributed by atoms with E-state index in [1.54, 1.807) is 0 Å². The van der Waals surface area contributed by atoms with E-state index in [4.69, 9.17) is 23.2 Å². The fourth-order valence-electron chi connectivity index (χ4n) is 3.96. The van der Waals surface area contributed by atoms with E-state index in [1.807, 2.05) is 65.9 Å². The van der Waals surface area contributed by atoms with Crippen molar-refractivity contribution in [1.82, 2.24) is 19.6 Å². The van der Waals surface area contributed by atoms with Gasteiger partial charge in [-0.05, 0) is 43.2 Å². The Kier molecular flexibility index (Phi) is 6.65. The molecule has 1 aliphatic heterocycles. The Morgan fingerprint density at radius 2 is 1.71 bits per heavy atom. The standard InChI is InChI=1S/C24H26Cl2N4O/c1-17-23(26)18(2)30(27-17)15-19-6-5-8-20(14-19)24(31)29-12-10-28(11-13-29)16-21-7-3-4-9-22(21)25/h3-9,14H,10-13,15-16H2,1-2H3. The molecule has 0 unspecified atom stereocenters. The third kappa shape index (κ3) is 4.95. The molecular formula is C24H26Cl2N4O. The summed E-state index contributed by atoms with van der Waals surface area (Å²) in [5.74, 6) is 0.0747. The van der Waals surface area contributed by atoms with Gasteiger partial charge in [0.25, 0.3) is 5.91 Å². The molecule has 7 heteroatoms. The topological polar surface area (TPSA) is 41.4 Å². The third-order valence-corrected chi connectivity index (χ3v) is 6.73. The predicted octanol–water partition coefficient (Wildman–Crippen LogP) is 4.81. The van der Waals surface area contributed by atoms with Gasteiger partial charge >= 0.3 is 0 Å². The number of piperazine rings is 1. The molecule has 0 aliphatic carbocycles. The van der Waals surface area contributed by atoms with Crippen LogP contribution in [0.15, 0.2) is 48.5 Å². The number of aromatic nitrogens is 2. The van der Waals surface area contributed by atoms with E-state index in [2.05, 4.69) is 16.1 Å². The van der Waals surface area contributed by atoms with Gasteiger partial charge < -0.3 is 4.90 Å². The van der Waals surface area contributed by atoms with E-state index in [-0.39, 0.29) is 5.91 Å². The number of halogens is 2. The predicted molar refractivity (Wildman–Crippen MR) is 125 cm³/mol. The molecule has 5 nitrogen and oxygen atoms in total. The fourth-order valence-corrected chi connectivity index (χ4v) is 4.29. The van der Waals surface area contributed by atoms with Gasteiger partial charge in [0.1, 0.15) is 0 Å². The third-order valence-electron chi connectivity index (χ3n) is 5.81. The highest BCUT2D eigenvalue weighted by Crippen LogP contribution is 2.21. The van der Waals surface area contributed by atoms with Gasteiger partial charge in [-0.15, -0.1) is 0 Å². The second-order valence-electron chi connectivity index (χ2n) is 8.00. The minimum absolute atomic E-state index is 0.0747. The van der Waals surface area contributed by atoms with Gasteiger partial charge in [-0.25, -0.2) is 0 Å². The first kappa shape index (κ1) is 21.9. The second-order valence-corrected chi connectivity index (χ2v) is 8.79. The highest BCUT2D eigenvalue weighted by molar-refractivity contribution is 6.32. The molecule has 1 saturated heterocycles. The molecule has 31 heavy (non-hydrogen) atoms. The molecule has 3 aromatic rings. The number of carbonyl (C=O) groups excluding carboxylic acids is 1. The van der Waals surface area contributed by atoms with Crippen LogP contribution < -0.4 is 0 Å². The summed E-state index contributed by atoms with van der Waals surface area (Å²) in [6.45, 7) is 8.34. The van der Waals surface area contributed by atoms with E-state index in [1.165, 1.54) is 0 Å². The second kappa shape index (κ2) is 9.43. The summed E-state index contributed by atoms with van der Waals surface area (Å²) in [5, 5.41) is 5.98. The Morgan fingerprint density at radius 3 is 2.39 bits per heavy atom. The Balaban J connectivity index is 1.38. The summed E-state index contributed by atoms with van der Waals surface area (Å²) in [4.78, 5) is 17.4. The molecule has 2 heterocycles. The smallest absolute Gasteiger partial charge is 0.253 e. The summed E-state index contributed by atoms with van der Waals surface area (Å²) in [7, 11) is 0. The number of hydrogen-bond donors (Lipinski definition) is 0. The van der Waals surface area contributed by atoms with Gasteiger partial charge in [0.15, 0.2) is 0 Å². The summed E-state index contributed by atoms with van der Waals surface area (Å²) in [5.41, 5.74) is 4.63.